The number of pyridine rings is 1. The van der Waals surface area contributed by atoms with Gasteiger partial charge in [0.2, 0.25) is 0 Å². The second kappa shape index (κ2) is 6.04. The Bertz CT molecular complexity index is 420. The number of halogens is 1. The number of hydrogen-bond donors (Lipinski definition) is 1. The first kappa shape index (κ1) is 14.0. The molecule has 2 heterocycles. The van der Waals surface area contributed by atoms with E-state index in [1.54, 1.807) is 0 Å². The monoisotopic (exact) mass is 277 g/mol. The van der Waals surface area contributed by atoms with E-state index in [9.17, 15) is 14.3 Å². The fourth-order valence-electron chi connectivity index (χ4n) is 1.58. The molecule has 0 radical (unpaired) electrons. The average Bonchev–Trinajstić information content (AvgIpc) is 2.81. The molecule has 2 atom stereocenters. The van der Waals surface area contributed by atoms with Gasteiger partial charge in [0.25, 0.3) is 5.69 Å². The van der Waals surface area contributed by atoms with E-state index in [-0.39, 0.29) is 23.3 Å². The minimum Gasteiger partial charge on any atom is -0.315 e. The molecule has 2 unspecified atom stereocenters. The molecule has 1 saturated heterocycles. The number of aromatic nitrogens is 1. The minimum atomic E-state index is -1.18. The summed E-state index contributed by atoms with van der Waals surface area (Å²) < 4.78 is 12.0. The summed E-state index contributed by atoms with van der Waals surface area (Å²) >= 11 is 0. The van der Waals surface area contributed by atoms with Gasteiger partial charge in [-0.05, 0) is 19.0 Å². The van der Waals surface area contributed by atoms with E-state index in [2.05, 4.69) is 10.3 Å². The van der Waals surface area contributed by atoms with E-state index in [1.165, 1.54) is 12.1 Å². The third-order valence-electron chi connectivity index (χ3n) is 2.46. The van der Waals surface area contributed by atoms with E-state index >= 15 is 0 Å². The molecule has 17 heavy (non-hydrogen) atoms. The SMILES string of the molecule is Cl.O=[N+]([O-])c1ccc(S(=O)C2CCNC2)nc1. The van der Waals surface area contributed by atoms with Crippen LogP contribution in [0.25, 0.3) is 0 Å². The molecule has 94 valence electrons. The van der Waals surface area contributed by atoms with Crippen LogP contribution >= 0.6 is 12.4 Å². The molecule has 1 fully saturated rings. The topological polar surface area (TPSA) is 85.1 Å². The van der Waals surface area contributed by atoms with E-state index in [0.29, 0.717) is 11.6 Å². The first-order valence-corrected chi connectivity index (χ1v) is 6.11. The largest absolute Gasteiger partial charge is 0.315 e. The van der Waals surface area contributed by atoms with Crippen LogP contribution in [0.2, 0.25) is 0 Å². The Morgan fingerprint density at radius 2 is 2.29 bits per heavy atom. The van der Waals surface area contributed by atoms with Gasteiger partial charge in [-0.1, -0.05) is 0 Å². The van der Waals surface area contributed by atoms with Crippen molar-refractivity contribution in [3.05, 3.63) is 28.4 Å². The Morgan fingerprint density at radius 3 is 2.76 bits per heavy atom. The van der Waals surface area contributed by atoms with Gasteiger partial charge in [0.05, 0.1) is 21.0 Å². The third-order valence-corrected chi connectivity index (χ3v) is 4.12. The molecule has 0 bridgehead atoms. The lowest BCUT2D eigenvalue weighted by Crippen LogP contribution is -2.19. The van der Waals surface area contributed by atoms with Gasteiger partial charge in [-0.3, -0.25) is 14.3 Å². The third kappa shape index (κ3) is 3.21. The minimum absolute atomic E-state index is 0. The predicted octanol–water partition coefficient (Wildman–Crippen LogP) is 0.881. The fraction of sp³-hybridized carbons (Fsp3) is 0.444. The highest BCUT2D eigenvalue weighted by Crippen LogP contribution is 2.16. The van der Waals surface area contributed by atoms with Crippen molar-refractivity contribution in [3.63, 3.8) is 0 Å². The van der Waals surface area contributed by atoms with Crippen molar-refractivity contribution in [2.45, 2.75) is 16.7 Å². The van der Waals surface area contributed by atoms with Crippen molar-refractivity contribution in [2.75, 3.05) is 13.1 Å². The number of nitrogens with one attached hydrogen (secondary N) is 1. The molecular formula is C9H12ClN3O3S. The zero-order valence-corrected chi connectivity index (χ0v) is 10.5. The highest BCUT2D eigenvalue weighted by atomic mass is 35.5. The Kier molecular flexibility index (Phi) is 4.98. The lowest BCUT2D eigenvalue weighted by Gasteiger charge is -2.06. The first-order chi connectivity index (χ1) is 7.68. The molecule has 0 spiro atoms. The summed E-state index contributed by atoms with van der Waals surface area (Å²) in [7, 11) is -1.18. The zero-order chi connectivity index (χ0) is 11.5. The van der Waals surface area contributed by atoms with E-state index in [1.807, 2.05) is 0 Å². The molecule has 0 aromatic carbocycles. The second-order valence-electron chi connectivity index (χ2n) is 3.52. The van der Waals surface area contributed by atoms with Gasteiger partial charge in [-0.25, -0.2) is 4.98 Å². The van der Waals surface area contributed by atoms with Crippen LogP contribution in [0.3, 0.4) is 0 Å². The van der Waals surface area contributed by atoms with Crippen molar-refractivity contribution >= 4 is 28.9 Å². The number of nitro groups is 1. The van der Waals surface area contributed by atoms with Crippen LogP contribution in [0.1, 0.15) is 6.42 Å². The van der Waals surface area contributed by atoms with E-state index in [0.717, 1.165) is 19.2 Å². The summed E-state index contributed by atoms with van der Waals surface area (Å²) in [6, 6.07) is 2.80. The number of rotatable bonds is 3. The summed E-state index contributed by atoms with van der Waals surface area (Å²) in [6.45, 7) is 1.58. The second-order valence-corrected chi connectivity index (χ2v) is 5.20. The normalized spacial score (nSPS) is 20.6. The van der Waals surface area contributed by atoms with Gasteiger partial charge < -0.3 is 5.32 Å². The zero-order valence-electron chi connectivity index (χ0n) is 8.87. The van der Waals surface area contributed by atoms with Crippen LogP contribution in [0, 0.1) is 10.1 Å². The molecule has 1 N–H and O–H groups in total. The summed E-state index contributed by atoms with van der Waals surface area (Å²) in [4.78, 5) is 13.8. The molecule has 0 amide bonds. The van der Waals surface area contributed by atoms with Crippen LogP contribution in [0.5, 0.6) is 0 Å². The Morgan fingerprint density at radius 1 is 1.53 bits per heavy atom. The predicted molar refractivity (Wildman–Crippen MR) is 65.8 cm³/mol. The van der Waals surface area contributed by atoms with Crippen LogP contribution in [0.15, 0.2) is 23.4 Å². The summed E-state index contributed by atoms with van der Waals surface area (Å²) in [5.74, 6) is 0. The molecule has 6 nitrogen and oxygen atoms in total. The van der Waals surface area contributed by atoms with Gasteiger partial charge in [0.15, 0.2) is 0 Å². The molecule has 2 rings (SSSR count). The number of nitrogens with zero attached hydrogens (tertiary/aromatic N) is 2. The molecular weight excluding hydrogens is 266 g/mol. The molecule has 0 aliphatic carbocycles. The van der Waals surface area contributed by atoms with Gasteiger partial charge in [-0.15, -0.1) is 12.4 Å². The van der Waals surface area contributed by atoms with Crippen LogP contribution in [-0.4, -0.2) is 32.5 Å². The van der Waals surface area contributed by atoms with Gasteiger partial charge in [0, 0.05) is 12.6 Å². The lowest BCUT2D eigenvalue weighted by molar-refractivity contribution is -0.385. The molecule has 1 aromatic rings. The van der Waals surface area contributed by atoms with Crippen molar-refractivity contribution < 1.29 is 9.13 Å². The molecule has 1 aromatic heterocycles. The van der Waals surface area contributed by atoms with Crippen LogP contribution < -0.4 is 5.32 Å². The Labute approximate surface area is 107 Å². The van der Waals surface area contributed by atoms with Crippen molar-refractivity contribution in [1.29, 1.82) is 0 Å². The highest BCUT2D eigenvalue weighted by Gasteiger charge is 2.23. The Hall–Kier alpha value is -1.05. The van der Waals surface area contributed by atoms with Crippen molar-refractivity contribution in [1.82, 2.24) is 10.3 Å². The van der Waals surface area contributed by atoms with Gasteiger partial charge in [0.1, 0.15) is 11.2 Å². The van der Waals surface area contributed by atoms with Crippen LogP contribution in [0.4, 0.5) is 5.69 Å². The quantitative estimate of drug-likeness (QED) is 0.655. The maximum atomic E-state index is 12.0. The Balaban J connectivity index is 0.00000144. The van der Waals surface area contributed by atoms with Crippen molar-refractivity contribution in [2.24, 2.45) is 0 Å². The first-order valence-electron chi connectivity index (χ1n) is 4.90. The van der Waals surface area contributed by atoms with Gasteiger partial charge >= 0.3 is 0 Å². The standard InChI is InChI=1S/C9H11N3O3S.ClH/c13-12(14)7-1-2-9(11-5-7)16(15)8-3-4-10-6-8;/h1-2,5,8,10H,3-4,6H2;1H. The van der Waals surface area contributed by atoms with E-state index in [4.69, 9.17) is 0 Å². The van der Waals surface area contributed by atoms with Crippen molar-refractivity contribution in [3.8, 4) is 0 Å². The van der Waals surface area contributed by atoms with Gasteiger partial charge in [-0.2, -0.15) is 0 Å². The summed E-state index contributed by atoms with van der Waals surface area (Å²) in [6.07, 6.45) is 2.00. The smallest absolute Gasteiger partial charge is 0.287 e. The van der Waals surface area contributed by atoms with Crippen LogP contribution in [-0.2, 0) is 10.8 Å². The molecule has 8 heteroatoms. The molecule has 1 aliphatic heterocycles. The average molecular weight is 278 g/mol. The molecule has 0 saturated carbocycles. The fourth-order valence-corrected chi connectivity index (χ4v) is 2.88. The van der Waals surface area contributed by atoms with E-state index < -0.39 is 15.7 Å². The molecule has 1 aliphatic rings. The summed E-state index contributed by atoms with van der Waals surface area (Å²) in [5, 5.41) is 14.0. The maximum Gasteiger partial charge on any atom is 0.287 e. The maximum absolute atomic E-state index is 12.0. The summed E-state index contributed by atoms with van der Waals surface area (Å²) in [5.41, 5.74) is -0.0784. The highest BCUT2D eigenvalue weighted by molar-refractivity contribution is 7.85. The lowest BCUT2D eigenvalue weighted by atomic mass is 10.4. The number of hydrogen-bond acceptors (Lipinski definition) is 5.